The first-order chi connectivity index (χ1) is 11.1. The van der Waals surface area contributed by atoms with Crippen LogP contribution in [0, 0.1) is 6.92 Å². The molecule has 1 heterocycles. The molecule has 0 unspecified atom stereocenters. The lowest BCUT2D eigenvalue weighted by atomic mass is 10.1. The SMILES string of the molecule is Cc1c(N)ccc2nc3ccc(N)cc3[n+](-c3ccccc3)c12.[Cl-]. The van der Waals surface area contributed by atoms with Crippen molar-refractivity contribution in [3.05, 3.63) is 66.2 Å². The summed E-state index contributed by atoms with van der Waals surface area (Å²) in [6.45, 7) is 2.02. The van der Waals surface area contributed by atoms with Crippen LogP contribution in [0.5, 0.6) is 0 Å². The van der Waals surface area contributed by atoms with E-state index in [-0.39, 0.29) is 12.4 Å². The van der Waals surface area contributed by atoms with Gasteiger partial charge in [-0.3, -0.25) is 0 Å². The Labute approximate surface area is 146 Å². The normalized spacial score (nSPS) is 10.7. The fourth-order valence-electron chi connectivity index (χ4n) is 2.98. The second kappa shape index (κ2) is 5.98. The molecule has 120 valence electrons. The summed E-state index contributed by atoms with van der Waals surface area (Å²) in [6.07, 6.45) is 0. The number of nitrogens with zero attached hydrogens (tertiary/aromatic N) is 2. The molecule has 0 aliphatic heterocycles. The first-order valence-electron chi connectivity index (χ1n) is 7.50. The maximum absolute atomic E-state index is 6.14. The van der Waals surface area contributed by atoms with E-state index in [1.807, 2.05) is 55.5 Å². The number of nitrogens with two attached hydrogens (primary N) is 2. The maximum atomic E-state index is 6.14. The summed E-state index contributed by atoms with van der Waals surface area (Å²) >= 11 is 0. The molecule has 5 heteroatoms. The molecule has 24 heavy (non-hydrogen) atoms. The number of anilines is 2. The molecule has 1 aromatic heterocycles. The third-order valence-corrected chi connectivity index (χ3v) is 4.17. The Hall–Kier alpha value is -2.85. The first-order valence-corrected chi connectivity index (χ1v) is 7.50. The average molecular weight is 337 g/mol. The van der Waals surface area contributed by atoms with Crippen molar-refractivity contribution in [3.63, 3.8) is 0 Å². The molecule has 0 radical (unpaired) electrons. The number of aromatic nitrogens is 2. The summed E-state index contributed by atoms with van der Waals surface area (Å²) in [4.78, 5) is 4.77. The van der Waals surface area contributed by atoms with E-state index in [1.165, 1.54) is 0 Å². The van der Waals surface area contributed by atoms with E-state index < -0.39 is 0 Å². The van der Waals surface area contributed by atoms with Crippen molar-refractivity contribution in [2.24, 2.45) is 0 Å². The Morgan fingerprint density at radius 1 is 0.875 bits per heavy atom. The molecule has 4 N–H and O–H groups in total. The fraction of sp³-hybridized carbons (Fsp3) is 0.0526. The molecule has 0 amide bonds. The molecule has 0 aliphatic carbocycles. The lowest BCUT2D eigenvalue weighted by molar-refractivity contribution is -0.538. The van der Waals surface area contributed by atoms with Gasteiger partial charge in [0.2, 0.25) is 16.7 Å². The predicted octanol–water partition coefficient (Wildman–Crippen LogP) is 0.142. The Morgan fingerprint density at radius 2 is 1.58 bits per heavy atom. The molecular weight excluding hydrogens is 320 g/mol. The lowest BCUT2D eigenvalue weighted by Gasteiger charge is -2.08. The van der Waals surface area contributed by atoms with Crippen LogP contribution in [-0.4, -0.2) is 4.98 Å². The zero-order valence-electron chi connectivity index (χ0n) is 13.2. The molecular formula is C19H17ClN4. The third kappa shape index (κ3) is 2.41. The minimum atomic E-state index is 0. The standard InChI is InChI=1S/C19H16N4.ClH/c1-12-15(21)8-10-17-19(12)23(14-5-3-2-4-6-14)18-11-13(20)7-9-16(18)22-17;/h2-11H,1H3,(H3,20,21);1H. The third-order valence-electron chi connectivity index (χ3n) is 4.17. The fourth-order valence-corrected chi connectivity index (χ4v) is 2.98. The number of hydrogen-bond acceptors (Lipinski definition) is 3. The summed E-state index contributed by atoms with van der Waals surface area (Å²) in [6, 6.07) is 19.9. The van der Waals surface area contributed by atoms with Crippen LogP contribution in [0.1, 0.15) is 5.56 Å². The molecule has 4 rings (SSSR count). The van der Waals surface area contributed by atoms with E-state index in [0.29, 0.717) is 5.69 Å². The van der Waals surface area contributed by atoms with Crippen LogP contribution in [-0.2, 0) is 0 Å². The Balaban J connectivity index is 0.00000169. The largest absolute Gasteiger partial charge is 1.00 e. The highest BCUT2D eigenvalue weighted by Gasteiger charge is 2.22. The van der Waals surface area contributed by atoms with Crippen LogP contribution in [0.2, 0.25) is 0 Å². The van der Waals surface area contributed by atoms with Crippen molar-refractivity contribution in [2.45, 2.75) is 6.92 Å². The van der Waals surface area contributed by atoms with Gasteiger partial charge in [0.15, 0.2) is 0 Å². The van der Waals surface area contributed by atoms with Gasteiger partial charge in [0, 0.05) is 35.1 Å². The highest BCUT2D eigenvalue weighted by molar-refractivity contribution is 5.87. The highest BCUT2D eigenvalue weighted by Crippen LogP contribution is 2.24. The lowest BCUT2D eigenvalue weighted by Crippen LogP contribution is -3.00. The van der Waals surface area contributed by atoms with Gasteiger partial charge in [0.1, 0.15) is 11.0 Å². The molecule has 4 nitrogen and oxygen atoms in total. The summed E-state index contributed by atoms with van der Waals surface area (Å²) in [5.41, 5.74) is 19.5. The minimum Gasteiger partial charge on any atom is -1.00 e. The highest BCUT2D eigenvalue weighted by atomic mass is 35.5. The molecule has 0 saturated carbocycles. The van der Waals surface area contributed by atoms with Crippen LogP contribution in [0.4, 0.5) is 11.4 Å². The number of fused-ring (bicyclic) bond motifs is 2. The van der Waals surface area contributed by atoms with E-state index in [9.17, 15) is 0 Å². The van der Waals surface area contributed by atoms with Crippen LogP contribution in [0.15, 0.2) is 60.7 Å². The van der Waals surface area contributed by atoms with Gasteiger partial charge >= 0.3 is 0 Å². The second-order valence-corrected chi connectivity index (χ2v) is 5.68. The van der Waals surface area contributed by atoms with Crippen LogP contribution >= 0.6 is 0 Å². The first kappa shape index (κ1) is 16.0. The zero-order valence-corrected chi connectivity index (χ0v) is 14.0. The summed E-state index contributed by atoms with van der Waals surface area (Å²) in [7, 11) is 0. The molecule has 3 aromatic carbocycles. The number of nitrogen functional groups attached to an aromatic ring is 2. The topological polar surface area (TPSA) is 68.8 Å². The quantitative estimate of drug-likeness (QED) is 0.295. The minimum absolute atomic E-state index is 0. The molecule has 0 aliphatic rings. The van der Waals surface area contributed by atoms with Gasteiger partial charge in [0.25, 0.3) is 0 Å². The van der Waals surface area contributed by atoms with E-state index >= 15 is 0 Å². The summed E-state index contributed by atoms with van der Waals surface area (Å²) < 4.78 is 2.18. The average Bonchev–Trinajstić information content (AvgIpc) is 2.57. The summed E-state index contributed by atoms with van der Waals surface area (Å²) in [5.74, 6) is 0. The predicted molar refractivity (Wildman–Crippen MR) is 94.3 cm³/mol. The number of para-hydroxylation sites is 1. The van der Waals surface area contributed by atoms with Crippen molar-refractivity contribution in [1.29, 1.82) is 0 Å². The van der Waals surface area contributed by atoms with E-state index in [4.69, 9.17) is 16.5 Å². The summed E-state index contributed by atoms with van der Waals surface area (Å²) in [5, 5.41) is 0. The van der Waals surface area contributed by atoms with Gasteiger partial charge in [-0.25, -0.2) is 4.98 Å². The molecule has 0 atom stereocenters. The van der Waals surface area contributed by atoms with Gasteiger partial charge in [-0.05, 0) is 31.2 Å². The molecule has 0 bridgehead atoms. The van der Waals surface area contributed by atoms with Crippen molar-refractivity contribution in [1.82, 2.24) is 4.98 Å². The monoisotopic (exact) mass is 336 g/mol. The Bertz CT molecular complexity index is 1050. The Kier molecular flexibility index (Phi) is 3.99. The van der Waals surface area contributed by atoms with E-state index in [0.717, 1.165) is 39.0 Å². The molecule has 0 fully saturated rings. The molecule has 0 saturated heterocycles. The van der Waals surface area contributed by atoms with Gasteiger partial charge < -0.3 is 23.9 Å². The Morgan fingerprint density at radius 3 is 2.33 bits per heavy atom. The number of rotatable bonds is 1. The number of benzene rings is 3. The number of halogens is 1. The van der Waals surface area contributed by atoms with E-state index in [2.05, 4.69) is 16.7 Å². The molecule has 0 spiro atoms. The number of hydrogen-bond donors (Lipinski definition) is 2. The maximum Gasteiger partial charge on any atom is 0.242 e. The van der Waals surface area contributed by atoms with Crippen LogP contribution in [0.25, 0.3) is 27.8 Å². The van der Waals surface area contributed by atoms with Crippen molar-refractivity contribution < 1.29 is 17.0 Å². The van der Waals surface area contributed by atoms with Crippen molar-refractivity contribution in [2.75, 3.05) is 11.5 Å². The van der Waals surface area contributed by atoms with Gasteiger partial charge in [0.05, 0.1) is 0 Å². The van der Waals surface area contributed by atoms with Gasteiger partial charge in [-0.2, -0.15) is 0 Å². The smallest absolute Gasteiger partial charge is 0.242 e. The number of aryl methyl sites for hydroxylation is 1. The van der Waals surface area contributed by atoms with Crippen LogP contribution < -0.4 is 28.4 Å². The van der Waals surface area contributed by atoms with Gasteiger partial charge in [-0.1, -0.05) is 18.2 Å². The van der Waals surface area contributed by atoms with E-state index in [1.54, 1.807) is 0 Å². The van der Waals surface area contributed by atoms with Crippen LogP contribution in [0.3, 0.4) is 0 Å². The molecule has 4 aromatic rings. The van der Waals surface area contributed by atoms with Crippen molar-refractivity contribution >= 4 is 33.4 Å². The zero-order chi connectivity index (χ0) is 16.0. The van der Waals surface area contributed by atoms with Gasteiger partial charge in [-0.15, -0.1) is 4.57 Å². The second-order valence-electron chi connectivity index (χ2n) is 5.68. The van der Waals surface area contributed by atoms with Crippen molar-refractivity contribution in [3.8, 4) is 5.69 Å².